The number of amides is 1. The van der Waals surface area contributed by atoms with Crippen molar-refractivity contribution in [1.29, 1.82) is 0 Å². The predicted molar refractivity (Wildman–Crippen MR) is 90.6 cm³/mol. The number of nitrogens with two attached hydrogens (primary N) is 1. The highest BCUT2D eigenvalue weighted by atomic mass is 79.9. The first-order valence-corrected chi connectivity index (χ1v) is 8.70. The summed E-state index contributed by atoms with van der Waals surface area (Å²) in [6, 6.07) is 6.02. The number of hydrogen-bond acceptors (Lipinski definition) is 3. The molecule has 110 valence electrons. The lowest BCUT2D eigenvalue weighted by molar-refractivity contribution is 0.0735. The minimum absolute atomic E-state index is 0.0780. The van der Waals surface area contributed by atoms with Crippen molar-refractivity contribution >= 4 is 38.9 Å². The van der Waals surface area contributed by atoms with Gasteiger partial charge in [-0.15, -0.1) is 0 Å². The molecule has 0 saturated carbocycles. The lowest BCUT2D eigenvalue weighted by Crippen LogP contribution is -2.31. The highest BCUT2D eigenvalue weighted by molar-refractivity contribution is 9.10. The lowest BCUT2D eigenvalue weighted by atomic mass is 10.0. The van der Waals surface area contributed by atoms with E-state index >= 15 is 0 Å². The van der Waals surface area contributed by atoms with Gasteiger partial charge in [0, 0.05) is 22.3 Å². The maximum atomic E-state index is 12.9. The number of anilines is 1. The van der Waals surface area contributed by atoms with E-state index in [1.54, 1.807) is 11.3 Å². The summed E-state index contributed by atoms with van der Waals surface area (Å²) in [7, 11) is 0. The smallest absolute Gasteiger partial charge is 0.254 e. The van der Waals surface area contributed by atoms with Crippen LogP contribution in [0.25, 0.3) is 0 Å². The second-order valence-corrected chi connectivity index (χ2v) is 7.08. The second-order valence-electron chi connectivity index (χ2n) is 5.38. The molecule has 1 aliphatic rings. The molecule has 2 aromatic rings. The highest BCUT2D eigenvalue weighted by Gasteiger charge is 2.31. The van der Waals surface area contributed by atoms with E-state index in [-0.39, 0.29) is 11.9 Å². The topological polar surface area (TPSA) is 46.3 Å². The second kappa shape index (κ2) is 5.81. The third-order valence-electron chi connectivity index (χ3n) is 4.08. The van der Waals surface area contributed by atoms with Crippen molar-refractivity contribution in [2.45, 2.75) is 25.8 Å². The van der Waals surface area contributed by atoms with Gasteiger partial charge < -0.3 is 10.6 Å². The van der Waals surface area contributed by atoms with E-state index in [1.165, 1.54) is 5.56 Å². The quantitative estimate of drug-likeness (QED) is 0.803. The maximum absolute atomic E-state index is 12.9. The van der Waals surface area contributed by atoms with Crippen LogP contribution in [0.2, 0.25) is 0 Å². The van der Waals surface area contributed by atoms with Crippen LogP contribution in [0.15, 0.2) is 33.4 Å². The fourth-order valence-corrected chi connectivity index (χ4v) is 4.08. The van der Waals surface area contributed by atoms with Gasteiger partial charge in [-0.1, -0.05) is 15.9 Å². The van der Waals surface area contributed by atoms with Gasteiger partial charge >= 0.3 is 0 Å². The van der Waals surface area contributed by atoms with E-state index in [4.69, 9.17) is 5.73 Å². The van der Waals surface area contributed by atoms with Crippen LogP contribution in [0.1, 0.15) is 40.4 Å². The van der Waals surface area contributed by atoms with Crippen molar-refractivity contribution in [2.24, 2.45) is 0 Å². The molecule has 2 N–H and O–H groups in total. The molecule has 1 amide bonds. The van der Waals surface area contributed by atoms with Crippen LogP contribution < -0.4 is 5.73 Å². The Hall–Kier alpha value is -1.33. The van der Waals surface area contributed by atoms with Gasteiger partial charge in [0.2, 0.25) is 0 Å². The molecule has 1 atom stereocenters. The largest absolute Gasteiger partial charge is 0.398 e. The molecule has 1 aliphatic heterocycles. The minimum atomic E-state index is 0.0780. The minimum Gasteiger partial charge on any atom is -0.398 e. The Bertz CT molecular complexity index is 669. The van der Waals surface area contributed by atoms with E-state index in [2.05, 4.69) is 32.8 Å². The van der Waals surface area contributed by atoms with Crippen molar-refractivity contribution in [3.63, 3.8) is 0 Å². The SMILES string of the molecule is Cc1c(N)cc(Br)cc1C(=O)N1CCCC1c1ccsc1. The van der Waals surface area contributed by atoms with E-state index in [1.807, 2.05) is 24.0 Å². The van der Waals surface area contributed by atoms with Crippen LogP contribution in [0.3, 0.4) is 0 Å². The van der Waals surface area contributed by atoms with Crippen molar-refractivity contribution < 1.29 is 4.79 Å². The van der Waals surface area contributed by atoms with E-state index in [9.17, 15) is 4.79 Å². The van der Waals surface area contributed by atoms with Gasteiger partial charge in [0.1, 0.15) is 0 Å². The molecule has 1 aromatic heterocycles. The molecule has 5 heteroatoms. The Labute approximate surface area is 136 Å². The number of carbonyl (C=O) groups is 1. The molecule has 3 nitrogen and oxygen atoms in total. The molecular formula is C16H17BrN2OS. The fraction of sp³-hybridized carbons (Fsp3) is 0.312. The number of thiophene rings is 1. The Morgan fingerprint density at radius 1 is 1.48 bits per heavy atom. The molecule has 0 radical (unpaired) electrons. The first-order chi connectivity index (χ1) is 10.1. The number of benzene rings is 1. The van der Waals surface area contributed by atoms with Crippen LogP contribution >= 0.6 is 27.3 Å². The third-order valence-corrected chi connectivity index (χ3v) is 5.24. The maximum Gasteiger partial charge on any atom is 0.254 e. The van der Waals surface area contributed by atoms with Crippen molar-refractivity contribution in [2.75, 3.05) is 12.3 Å². The zero-order valence-electron chi connectivity index (χ0n) is 11.8. The van der Waals surface area contributed by atoms with Gasteiger partial charge in [0.15, 0.2) is 0 Å². The summed E-state index contributed by atoms with van der Waals surface area (Å²) >= 11 is 5.11. The number of rotatable bonds is 2. The molecule has 0 bridgehead atoms. The summed E-state index contributed by atoms with van der Waals surface area (Å²) in [5.74, 6) is 0.0780. The highest BCUT2D eigenvalue weighted by Crippen LogP contribution is 2.35. The summed E-state index contributed by atoms with van der Waals surface area (Å²) in [5, 5.41) is 4.21. The zero-order valence-corrected chi connectivity index (χ0v) is 14.2. The third kappa shape index (κ3) is 2.72. The zero-order chi connectivity index (χ0) is 15.0. The van der Waals surface area contributed by atoms with Gasteiger partial charge in [0.05, 0.1) is 6.04 Å². The molecule has 2 heterocycles. The molecular weight excluding hydrogens is 348 g/mol. The number of nitrogen functional groups attached to an aromatic ring is 1. The van der Waals surface area contributed by atoms with Crippen LogP contribution in [-0.2, 0) is 0 Å². The first-order valence-electron chi connectivity index (χ1n) is 6.96. The average Bonchev–Trinajstić information content (AvgIpc) is 3.11. The Morgan fingerprint density at radius 2 is 2.29 bits per heavy atom. The number of likely N-dealkylation sites (tertiary alicyclic amines) is 1. The number of carbonyl (C=O) groups excluding carboxylic acids is 1. The normalized spacial score (nSPS) is 18.2. The summed E-state index contributed by atoms with van der Waals surface area (Å²) in [5.41, 5.74) is 9.44. The van der Waals surface area contributed by atoms with Gasteiger partial charge in [0.25, 0.3) is 5.91 Å². The van der Waals surface area contributed by atoms with E-state index < -0.39 is 0 Å². The van der Waals surface area contributed by atoms with Crippen molar-refractivity contribution in [3.8, 4) is 0 Å². The molecule has 0 aliphatic carbocycles. The molecule has 21 heavy (non-hydrogen) atoms. The molecule has 1 aromatic carbocycles. The van der Waals surface area contributed by atoms with Crippen molar-refractivity contribution in [1.82, 2.24) is 4.90 Å². The lowest BCUT2D eigenvalue weighted by Gasteiger charge is -2.25. The molecule has 1 fully saturated rings. The van der Waals surface area contributed by atoms with Crippen molar-refractivity contribution in [3.05, 3.63) is 50.1 Å². The van der Waals surface area contributed by atoms with Gasteiger partial charge in [-0.25, -0.2) is 0 Å². The van der Waals surface area contributed by atoms with Crippen LogP contribution in [0, 0.1) is 6.92 Å². The number of halogens is 1. The molecule has 1 unspecified atom stereocenters. The fourth-order valence-electron chi connectivity index (χ4n) is 2.90. The predicted octanol–water partition coefficient (Wildman–Crippen LogP) is 4.38. The first kappa shape index (κ1) is 14.6. The molecule has 1 saturated heterocycles. The Kier molecular flexibility index (Phi) is 4.04. The summed E-state index contributed by atoms with van der Waals surface area (Å²) in [4.78, 5) is 14.9. The van der Waals surface area contributed by atoms with E-state index in [0.717, 1.165) is 29.4 Å². The van der Waals surface area contributed by atoms with Gasteiger partial charge in [-0.3, -0.25) is 4.79 Å². The molecule has 0 spiro atoms. The van der Waals surface area contributed by atoms with Gasteiger partial charge in [-0.05, 0) is 59.9 Å². The standard InChI is InChI=1S/C16H17BrN2OS/c1-10-13(7-12(17)8-14(10)18)16(20)19-5-2-3-15(19)11-4-6-21-9-11/h4,6-9,15H,2-3,5,18H2,1H3. The Morgan fingerprint density at radius 3 is 3.00 bits per heavy atom. The average molecular weight is 365 g/mol. The van der Waals surface area contributed by atoms with Gasteiger partial charge in [-0.2, -0.15) is 11.3 Å². The Balaban J connectivity index is 1.95. The van der Waals surface area contributed by atoms with Crippen LogP contribution in [0.5, 0.6) is 0 Å². The van der Waals surface area contributed by atoms with Crippen LogP contribution in [-0.4, -0.2) is 17.4 Å². The molecule has 3 rings (SSSR count). The monoisotopic (exact) mass is 364 g/mol. The van der Waals surface area contributed by atoms with E-state index in [0.29, 0.717) is 11.3 Å². The number of hydrogen-bond donors (Lipinski definition) is 1. The summed E-state index contributed by atoms with van der Waals surface area (Å²) in [6.45, 7) is 2.72. The van der Waals surface area contributed by atoms with Crippen LogP contribution in [0.4, 0.5) is 5.69 Å². The summed E-state index contributed by atoms with van der Waals surface area (Å²) < 4.78 is 0.847. The summed E-state index contributed by atoms with van der Waals surface area (Å²) in [6.07, 6.45) is 2.08. The number of nitrogens with zero attached hydrogens (tertiary/aromatic N) is 1.